The Labute approximate surface area is 341 Å². The number of alkyl halides is 4. The molecule has 0 saturated heterocycles. The Balaban J connectivity index is 6.94. The van der Waals surface area contributed by atoms with Crippen LogP contribution in [0.1, 0.15) is 81.1 Å². The summed E-state index contributed by atoms with van der Waals surface area (Å²) in [5, 5.41) is 37.4. The van der Waals surface area contributed by atoms with E-state index in [9.17, 15) is 58.8 Å². The summed E-state index contributed by atoms with van der Waals surface area (Å²) in [4.78, 5) is 94.8. The standard InChI is InChI=1S/C33H48Br4O16/c1-29(2,9-17(34)21(38)39)25(46)50-13-33(14-51-26(47)30(3,4)10-18(35)22(40)41,15-52-27(48)31(5,6)11-19(36)23(42)43)16-53-28(49)32(7,8)12-20(37)24(44)45/h17-20H,9-16H2,1-8H3,(H,38,39)(H,40,41)(H,42,43)(H,44,45). The van der Waals surface area contributed by atoms with Crippen LogP contribution in [0, 0.1) is 27.1 Å². The van der Waals surface area contributed by atoms with E-state index in [2.05, 4.69) is 63.7 Å². The first-order chi connectivity index (χ1) is 23.8. The number of halogens is 4. The Morgan fingerprint density at radius 3 is 0.679 bits per heavy atom. The largest absolute Gasteiger partial charge is 0.480 e. The molecule has 0 aliphatic carbocycles. The molecule has 0 rings (SSSR count). The number of aliphatic carboxylic acids is 4. The predicted octanol–water partition coefficient (Wildman–Crippen LogP) is 5.20. The van der Waals surface area contributed by atoms with Crippen LogP contribution in [0.5, 0.6) is 0 Å². The molecule has 53 heavy (non-hydrogen) atoms. The summed E-state index contributed by atoms with van der Waals surface area (Å²) in [5.74, 6) is -8.66. The van der Waals surface area contributed by atoms with Crippen LogP contribution in [0.25, 0.3) is 0 Å². The molecule has 4 unspecified atom stereocenters. The molecule has 4 N–H and O–H groups in total. The molecule has 4 atom stereocenters. The summed E-state index contributed by atoms with van der Waals surface area (Å²) in [6.45, 7) is 8.36. The van der Waals surface area contributed by atoms with Crippen molar-refractivity contribution in [2.24, 2.45) is 27.1 Å². The molecule has 0 aromatic carbocycles. The van der Waals surface area contributed by atoms with E-state index in [1.54, 1.807) is 0 Å². The molecule has 0 fully saturated rings. The molecule has 0 aromatic heterocycles. The van der Waals surface area contributed by atoms with Gasteiger partial charge in [-0.3, -0.25) is 38.4 Å². The number of carbonyl (C=O) groups is 8. The van der Waals surface area contributed by atoms with Gasteiger partial charge in [-0.1, -0.05) is 63.7 Å². The fourth-order valence-corrected chi connectivity index (χ4v) is 7.62. The highest BCUT2D eigenvalue weighted by Crippen LogP contribution is 2.35. The lowest BCUT2D eigenvalue weighted by Crippen LogP contribution is -2.47. The van der Waals surface area contributed by atoms with Gasteiger partial charge in [0.2, 0.25) is 0 Å². The molecule has 0 amide bonds. The third-order valence-corrected chi connectivity index (χ3v) is 10.9. The second-order valence-electron chi connectivity index (χ2n) is 15.4. The van der Waals surface area contributed by atoms with E-state index in [1.807, 2.05) is 0 Å². The number of hydrogen-bond donors (Lipinski definition) is 4. The zero-order valence-corrected chi connectivity index (χ0v) is 37.0. The van der Waals surface area contributed by atoms with Crippen LogP contribution in [0.3, 0.4) is 0 Å². The summed E-state index contributed by atoms with van der Waals surface area (Å²) in [6.07, 6.45) is -0.907. The van der Waals surface area contributed by atoms with Crippen molar-refractivity contribution in [1.29, 1.82) is 0 Å². The van der Waals surface area contributed by atoms with Crippen LogP contribution < -0.4 is 0 Å². The Hall–Kier alpha value is -2.32. The molecule has 0 aliphatic heterocycles. The van der Waals surface area contributed by atoms with E-state index in [4.69, 9.17) is 18.9 Å². The smallest absolute Gasteiger partial charge is 0.317 e. The lowest BCUT2D eigenvalue weighted by molar-refractivity contribution is -0.182. The number of carbonyl (C=O) groups excluding carboxylic acids is 4. The third-order valence-electron chi connectivity index (χ3n) is 8.08. The Morgan fingerprint density at radius 1 is 0.396 bits per heavy atom. The first-order valence-electron chi connectivity index (χ1n) is 16.0. The van der Waals surface area contributed by atoms with E-state index in [-0.39, 0.29) is 25.7 Å². The summed E-state index contributed by atoms with van der Waals surface area (Å²) in [6, 6.07) is 0. The van der Waals surface area contributed by atoms with Gasteiger partial charge in [-0.15, -0.1) is 0 Å². The molecule has 0 aliphatic rings. The molecular weight excluding hydrogens is 972 g/mol. The molecule has 0 aromatic rings. The van der Waals surface area contributed by atoms with Crippen molar-refractivity contribution in [3.05, 3.63) is 0 Å². The van der Waals surface area contributed by atoms with Crippen molar-refractivity contribution >= 4 is 111 Å². The Kier molecular flexibility index (Phi) is 19.7. The fourth-order valence-electron chi connectivity index (χ4n) is 4.38. The zero-order valence-electron chi connectivity index (χ0n) is 30.7. The van der Waals surface area contributed by atoms with E-state index >= 15 is 0 Å². The van der Waals surface area contributed by atoms with Gasteiger partial charge in [-0.25, -0.2) is 0 Å². The number of ether oxygens (including phenoxy) is 4. The first-order valence-corrected chi connectivity index (χ1v) is 19.7. The van der Waals surface area contributed by atoms with Gasteiger partial charge in [-0.05, 0) is 81.1 Å². The third kappa shape index (κ3) is 16.9. The first kappa shape index (κ1) is 50.7. The number of esters is 4. The zero-order chi connectivity index (χ0) is 41.9. The monoisotopic (exact) mass is 1020 g/mol. The van der Waals surface area contributed by atoms with E-state index in [0.29, 0.717) is 0 Å². The summed E-state index contributed by atoms with van der Waals surface area (Å²) >= 11 is 12.0. The minimum atomic E-state index is -1.86. The predicted molar refractivity (Wildman–Crippen MR) is 201 cm³/mol. The Morgan fingerprint density at radius 2 is 0.547 bits per heavy atom. The van der Waals surface area contributed by atoms with Gasteiger partial charge in [0, 0.05) is 0 Å². The average Bonchev–Trinajstić information content (AvgIpc) is 3.01. The molecule has 20 heteroatoms. The molecule has 0 bridgehead atoms. The highest BCUT2D eigenvalue weighted by atomic mass is 79.9. The van der Waals surface area contributed by atoms with Gasteiger partial charge in [0.1, 0.15) is 51.2 Å². The average molecular weight is 1020 g/mol. The maximum atomic E-state index is 13.4. The van der Waals surface area contributed by atoms with Crippen molar-refractivity contribution in [3.8, 4) is 0 Å². The lowest BCUT2D eigenvalue weighted by Gasteiger charge is -2.36. The normalized spacial score (nSPS) is 15.8. The molecule has 0 spiro atoms. The van der Waals surface area contributed by atoms with Crippen LogP contribution >= 0.6 is 63.7 Å². The van der Waals surface area contributed by atoms with Crippen molar-refractivity contribution in [3.63, 3.8) is 0 Å². The highest BCUT2D eigenvalue weighted by molar-refractivity contribution is 9.10. The van der Waals surface area contributed by atoms with Gasteiger partial charge in [0.15, 0.2) is 0 Å². The molecule has 0 heterocycles. The second-order valence-corrected chi connectivity index (χ2v) is 19.8. The minimum absolute atomic E-state index is 0.227. The lowest BCUT2D eigenvalue weighted by atomic mass is 9.86. The van der Waals surface area contributed by atoms with Crippen LogP contribution in [0.15, 0.2) is 0 Å². The summed E-state index contributed by atoms with van der Waals surface area (Å²) in [7, 11) is 0. The van der Waals surface area contributed by atoms with Gasteiger partial charge in [0.25, 0.3) is 0 Å². The molecule has 304 valence electrons. The van der Waals surface area contributed by atoms with Gasteiger partial charge >= 0.3 is 47.8 Å². The quantitative estimate of drug-likeness (QED) is 0.0550. The van der Waals surface area contributed by atoms with E-state index < -0.39 is 121 Å². The fraction of sp³-hybridized carbons (Fsp3) is 0.758. The number of rotatable bonds is 24. The van der Waals surface area contributed by atoms with Crippen molar-refractivity contribution in [2.45, 2.75) is 100 Å². The summed E-state index contributed by atoms with van der Waals surface area (Å²) in [5.41, 5.74) is -7.53. The van der Waals surface area contributed by atoms with Crippen molar-refractivity contribution in [1.82, 2.24) is 0 Å². The summed E-state index contributed by atoms with van der Waals surface area (Å²) < 4.78 is 22.5. The molecule has 0 saturated carbocycles. The van der Waals surface area contributed by atoms with Crippen LogP contribution in [-0.4, -0.2) is 114 Å². The van der Waals surface area contributed by atoms with Gasteiger partial charge < -0.3 is 39.4 Å². The maximum Gasteiger partial charge on any atom is 0.317 e. The number of carboxylic acid groups (broad SMARTS) is 4. The number of hydrogen-bond acceptors (Lipinski definition) is 12. The van der Waals surface area contributed by atoms with Crippen LogP contribution in [0.4, 0.5) is 0 Å². The van der Waals surface area contributed by atoms with Crippen molar-refractivity contribution in [2.75, 3.05) is 26.4 Å². The topological polar surface area (TPSA) is 254 Å². The Bertz CT molecular complexity index is 1170. The van der Waals surface area contributed by atoms with E-state index in [0.717, 1.165) is 0 Å². The highest BCUT2D eigenvalue weighted by Gasteiger charge is 2.45. The van der Waals surface area contributed by atoms with Gasteiger partial charge in [0.05, 0.1) is 21.7 Å². The van der Waals surface area contributed by atoms with Crippen LogP contribution in [0.2, 0.25) is 0 Å². The van der Waals surface area contributed by atoms with E-state index in [1.165, 1.54) is 55.4 Å². The second kappa shape index (κ2) is 20.6. The molecule has 0 radical (unpaired) electrons. The van der Waals surface area contributed by atoms with Crippen molar-refractivity contribution < 1.29 is 77.7 Å². The molecule has 16 nitrogen and oxygen atoms in total. The SMILES string of the molecule is CC(C)(CC(Br)C(=O)O)C(=O)OCC(COC(=O)C(C)(C)CC(Br)C(=O)O)(COC(=O)C(C)(C)CC(Br)C(=O)O)COC(=O)C(C)(C)CC(Br)C(=O)O. The van der Waals surface area contributed by atoms with Crippen LogP contribution in [-0.2, 0) is 57.3 Å². The minimum Gasteiger partial charge on any atom is -0.480 e. The molecular formula is C33H48Br4O16. The van der Waals surface area contributed by atoms with Gasteiger partial charge in [-0.2, -0.15) is 0 Å². The number of carboxylic acids is 4. The maximum absolute atomic E-state index is 13.4.